The van der Waals surface area contributed by atoms with Gasteiger partial charge in [-0.05, 0) is 50.3 Å². The first-order valence-corrected chi connectivity index (χ1v) is 9.23. The lowest BCUT2D eigenvalue weighted by Crippen LogP contribution is -2.46. The fourth-order valence-corrected chi connectivity index (χ4v) is 3.73. The molecule has 150 valence electrons. The van der Waals surface area contributed by atoms with E-state index in [1.54, 1.807) is 11.0 Å². The molecule has 2 saturated heterocycles. The van der Waals surface area contributed by atoms with Gasteiger partial charge in [-0.2, -0.15) is 0 Å². The molecule has 2 atom stereocenters. The van der Waals surface area contributed by atoms with Gasteiger partial charge in [-0.1, -0.05) is 6.07 Å². The number of rotatable bonds is 5. The van der Waals surface area contributed by atoms with Crippen molar-refractivity contribution >= 4 is 24.2 Å². The zero-order chi connectivity index (χ0) is 18.5. The van der Waals surface area contributed by atoms with Gasteiger partial charge in [-0.3, -0.25) is 9.59 Å². The minimum absolute atomic E-state index is 0. The quantitative estimate of drug-likeness (QED) is 0.794. The smallest absolute Gasteiger partial charge is 0.260 e. The van der Waals surface area contributed by atoms with Crippen LogP contribution in [0.2, 0.25) is 0 Å². The van der Waals surface area contributed by atoms with Crippen LogP contribution in [0.15, 0.2) is 18.2 Å². The molecule has 8 heteroatoms. The molecule has 0 radical (unpaired) electrons. The molecule has 2 fully saturated rings. The van der Waals surface area contributed by atoms with Gasteiger partial charge in [0.25, 0.3) is 5.91 Å². The SMILES string of the molecule is COc1cccc(F)c1C(=O)N1CCCC(CNC(=O)C2CCCN2)C1.Cl. The molecule has 2 amide bonds. The van der Waals surface area contributed by atoms with Gasteiger partial charge in [0.2, 0.25) is 5.91 Å². The van der Waals surface area contributed by atoms with Crippen LogP contribution in [0.1, 0.15) is 36.0 Å². The molecule has 1 aromatic carbocycles. The molecule has 6 nitrogen and oxygen atoms in total. The number of carbonyl (C=O) groups excluding carboxylic acids is 2. The van der Waals surface area contributed by atoms with E-state index in [0.29, 0.717) is 19.6 Å². The van der Waals surface area contributed by atoms with E-state index in [4.69, 9.17) is 4.74 Å². The summed E-state index contributed by atoms with van der Waals surface area (Å²) in [5.41, 5.74) is -0.0187. The van der Waals surface area contributed by atoms with Crippen molar-refractivity contribution in [2.24, 2.45) is 5.92 Å². The number of likely N-dealkylation sites (tertiary alicyclic amines) is 1. The summed E-state index contributed by atoms with van der Waals surface area (Å²) < 4.78 is 19.3. The molecule has 2 N–H and O–H groups in total. The maximum atomic E-state index is 14.2. The number of amides is 2. The summed E-state index contributed by atoms with van der Waals surface area (Å²) in [5, 5.41) is 6.17. The van der Waals surface area contributed by atoms with Crippen LogP contribution in [0.25, 0.3) is 0 Å². The van der Waals surface area contributed by atoms with Crippen molar-refractivity contribution in [3.05, 3.63) is 29.6 Å². The van der Waals surface area contributed by atoms with Crippen LogP contribution in [0.3, 0.4) is 0 Å². The molecule has 0 saturated carbocycles. The second kappa shape index (κ2) is 9.90. The molecule has 2 heterocycles. The molecule has 0 bridgehead atoms. The lowest BCUT2D eigenvalue weighted by molar-refractivity contribution is -0.123. The second-order valence-electron chi connectivity index (χ2n) is 6.97. The number of hydrogen-bond acceptors (Lipinski definition) is 4. The van der Waals surface area contributed by atoms with Gasteiger partial charge in [0.05, 0.1) is 13.2 Å². The van der Waals surface area contributed by atoms with E-state index in [-0.39, 0.29) is 47.5 Å². The summed E-state index contributed by atoms with van der Waals surface area (Å²) in [6.45, 7) is 2.52. The number of nitrogens with zero attached hydrogens (tertiary/aromatic N) is 1. The number of nitrogens with one attached hydrogen (secondary N) is 2. The van der Waals surface area contributed by atoms with Gasteiger partial charge in [0.1, 0.15) is 17.1 Å². The number of ether oxygens (including phenoxy) is 1. The Morgan fingerprint density at radius 3 is 2.85 bits per heavy atom. The summed E-state index contributed by atoms with van der Waals surface area (Å²) in [6.07, 6.45) is 3.67. The Morgan fingerprint density at radius 2 is 2.15 bits per heavy atom. The van der Waals surface area contributed by atoms with E-state index >= 15 is 0 Å². The van der Waals surface area contributed by atoms with Crippen molar-refractivity contribution < 1.29 is 18.7 Å². The molecular weight excluding hydrogens is 373 g/mol. The van der Waals surface area contributed by atoms with Crippen LogP contribution >= 0.6 is 12.4 Å². The summed E-state index contributed by atoms with van der Waals surface area (Å²) in [7, 11) is 1.43. The Bertz CT molecular complexity index is 668. The third kappa shape index (κ3) is 5.11. The fraction of sp³-hybridized carbons (Fsp3) is 0.579. The van der Waals surface area contributed by atoms with Crippen LogP contribution in [0.5, 0.6) is 5.75 Å². The zero-order valence-electron chi connectivity index (χ0n) is 15.5. The van der Waals surface area contributed by atoms with Crippen LogP contribution in [-0.2, 0) is 4.79 Å². The van der Waals surface area contributed by atoms with Gasteiger partial charge < -0.3 is 20.3 Å². The van der Waals surface area contributed by atoms with E-state index in [9.17, 15) is 14.0 Å². The minimum atomic E-state index is -0.572. The predicted molar refractivity (Wildman–Crippen MR) is 103 cm³/mol. The lowest BCUT2D eigenvalue weighted by Gasteiger charge is -2.33. The standard InChI is InChI=1S/C19H26FN3O3.ClH/c1-26-16-8-2-6-14(20)17(16)19(25)23-10-4-5-13(12-23)11-22-18(24)15-7-3-9-21-15;/h2,6,8,13,15,21H,3-5,7,9-12H2,1H3,(H,22,24);1H. The Hall–Kier alpha value is -1.86. The van der Waals surface area contributed by atoms with Gasteiger partial charge in [-0.15, -0.1) is 12.4 Å². The van der Waals surface area contributed by atoms with Crippen LogP contribution < -0.4 is 15.4 Å². The number of halogens is 2. The highest BCUT2D eigenvalue weighted by Gasteiger charge is 2.29. The third-order valence-corrected chi connectivity index (χ3v) is 5.16. The lowest BCUT2D eigenvalue weighted by atomic mass is 9.97. The summed E-state index contributed by atoms with van der Waals surface area (Å²) in [5.74, 6) is -0.471. The highest BCUT2D eigenvalue weighted by molar-refractivity contribution is 5.97. The predicted octanol–water partition coefficient (Wildman–Crippen LogP) is 1.98. The highest BCUT2D eigenvalue weighted by atomic mass is 35.5. The minimum Gasteiger partial charge on any atom is -0.496 e. The first-order valence-electron chi connectivity index (χ1n) is 9.23. The molecule has 0 spiro atoms. The average Bonchev–Trinajstić information content (AvgIpc) is 3.20. The van der Waals surface area contributed by atoms with Crippen molar-refractivity contribution in [3.63, 3.8) is 0 Å². The number of piperidine rings is 1. The highest BCUT2D eigenvalue weighted by Crippen LogP contribution is 2.25. The van der Waals surface area contributed by atoms with Crippen molar-refractivity contribution in [1.82, 2.24) is 15.5 Å². The Balaban J connectivity index is 0.00000261. The molecule has 0 aromatic heterocycles. The molecule has 2 aliphatic rings. The first kappa shape index (κ1) is 21.4. The Morgan fingerprint density at radius 1 is 1.33 bits per heavy atom. The number of carbonyl (C=O) groups is 2. The van der Waals surface area contributed by atoms with E-state index < -0.39 is 5.82 Å². The van der Waals surface area contributed by atoms with E-state index in [0.717, 1.165) is 32.2 Å². The summed E-state index contributed by atoms with van der Waals surface area (Å²) >= 11 is 0. The number of benzene rings is 1. The fourth-order valence-electron chi connectivity index (χ4n) is 3.73. The number of hydrogen-bond donors (Lipinski definition) is 2. The normalized spacial score (nSPS) is 22.1. The third-order valence-electron chi connectivity index (χ3n) is 5.16. The molecule has 0 aliphatic carbocycles. The van der Waals surface area contributed by atoms with E-state index in [1.807, 2.05) is 0 Å². The maximum Gasteiger partial charge on any atom is 0.260 e. The van der Waals surface area contributed by atoms with Gasteiger partial charge >= 0.3 is 0 Å². The van der Waals surface area contributed by atoms with Crippen molar-refractivity contribution in [1.29, 1.82) is 0 Å². The summed E-state index contributed by atoms with van der Waals surface area (Å²) in [4.78, 5) is 26.6. The monoisotopic (exact) mass is 399 g/mol. The second-order valence-corrected chi connectivity index (χ2v) is 6.97. The van der Waals surface area contributed by atoms with Crippen LogP contribution in [0, 0.1) is 11.7 Å². The van der Waals surface area contributed by atoms with Crippen molar-refractivity contribution in [2.75, 3.05) is 33.3 Å². The first-order chi connectivity index (χ1) is 12.6. The van der Waals surface area contributed by atoms with Gasteiger partial charge in [0, 0.05) is 19.6 Å². The van der Waals surface area contributed by atoms with Gasteiger partial charge in [-0.25, -0.2) is 4.39 Å². The molecule has 3 rings (SSSR count). The molecule has 1 aromatic rings. The molecular formula is C19H27ClFN3O3. The molecule has 2 unspecified atom stereocenters. The summed E-state index contributed by atoms with van der Waals surface area (Å²) in [6, 6.07) is 4.29. The largest absolute Gasteiger partial charge is 0.496 e. The Labute approximate surface area is 165 Å². The topological polar surface area (TPSA) is 70.7 Å². The molecule has 2 aliphatic heterocycles. The van der Waals surface area contributed by atoms with Gasteiger partial charge in [0.15, 0.2) is 0 Å². The van der Waals surface area contributed by atoms with E-state index in [1.165, 1.54) is 19.2 Å². The maximum absolute atomic E-state index is 14.2. The number of methoxy groups -OCH3 is 1. The Kier molecular flexibility index (Phi) is 7.86. The average molecular weight is 400 g/mol. The van der Waals surface area contributed by atoms with E-state index in [2.05, 4.69) is 10.6 Å². The van der Waals surface area contributed by atoms with Crippen molar-refractivity contribution in [3.8, 4) is 5.75 Å². The van der Waals surface area contributed by atoms with Crippen LogP contribution in [0.4, 0.5) is 4.39 Å². The molecule has 27 heavy (non-hydrogen) atoms. The zero-order valence-corrected chi connectivity index (χ0v) is 16.3. The van der Waals surface area contributed by atoms with Crippen LogP contribution in [-0.4, -0.2) is 56.0 Å². The van der Waals surface area contributed by atoms with Crippen molar-refractivity contribution in [2.45, 2.75) is 31.7 Å².